The largest absolute Gasteiger partial charge is 0.391 e. The maximum Gasteiger partial charge on any atom is 0.242 e. The lowest BCUT2D eigenvalue weighted by molar-refractivity contribution is 0.151. The molecule has 3 rings (SSSR count). The summed E-state index contributed by atoms with van der Waals surface area (Å²) in [7, 11) is -3.69. The molecule has 6 heteroatoms. The average molecular weight is 290 g/mol. The Morgan fingerprint density at radius 3 is 2.75 bits per heavy atom. The number of aliphatic hydroxyl groups is 1. The first-order valence-corrected chi connectivity index (χ1v) is 7.74. The molecular weight excluding hydrogens is 276 g/mol. The molecule has 0 bridgehead atoms. The van der Waals surface area contributed by atoms with Crippen LogP contribution in [0.2, 0.25) is 0 Å². The zero-order valence-electron chi connectivity index (χ0n) is 10.6. The first-order valence-electron chi connectivity index (χ1n) is 6.26. The maximum atomic E-state index is 12.3. The summed E-state index contributed by atoms with van der Waals surface area (Å²) >= 11 is 0. The van der Waals surface area contributed by atoms with Gasteiger partial charge in [-0.3, -0.25) is 4.98 Å². The third-order valence-corrected chi connectivity index (χ3v) is 4.86. The second kappa shape index (κ2) is 4.97. The van der Waals surface area contributed by atoms with Crippen LogP contribution in [0, 0.1) is 0 Å². The summed E-state index contributed by atoms with van der Waals surface area (Å²) in [5.41, 5.74) is 1.80. The number of nitrogens with one attached hydrogen (secondary N) is 1. The predicted octanol–water partition coefficient (Wildman–Crippen LogP) is 1.02. The number of sulfonamides is 1. The van der Waals surface area contributed by atoms with Gasteiger partial charge in [0.15, 0.2) is 0 Å². The lowest BCUT2D eigenvalue weighted by Crippen LogP contribution is -2.33. The Morgan fingerprint density at radius 2 is 2.00 bits per heavy atom. The van der Waals surface area contributed by atoms with Crippen molar-refractivity contribution in [3.63, 3.8) is 0 Å². The van der Waals surface area contributed by atoms with Crippen LogP contribution in [0.15, 0.2) is 53.7 Å². The van der Waals surface area contributed by atoms with Crippen molar-refractivity contribution in [3.8, 4) is 0 Å². The molecule has 2 N–H and O–H groups in total. The van der Waals surface area contributed by atoms with Gasteiger partial charge in [0.1, 0.15) is 4.90 Å². The second-order valence-electron chi connectivity index (χ2n) is 4.76. The summed E-state index contributed by atoms with van der Waals surface area (Å²) in [5, 5.41) is 10.1. The van der Waals surface area contributed by atoms with E-state index in [0.717, 1.165) is 11.1 Å². The summed E-state index contributed by atoms with van der Waals surface area (Å²) in [6, 6.07) is 9.87. The molecule has 0 saturated heterocycles. The van der Waals surface area contributed by atoms with Crippen molar-refractivity contribution in [1.29, 1.82) is 0 Å². The van der Waals surface area contributed by atoms with Gasteiger partial charge >= 0.3 is 0 Å². The quantitative estimate of drug-likeness (QED) is 0.884. The highest BCUT2D eigenvalue weighted by molar-refractivity contribution is 7.89. The van der Waals surface area contributed by atoms with Gasteiger partial charge in [-0.25, -0.2) is 13.1 Å². The number of benzene rings is 1. The molecule has 20 heavy (non-hydrogen) atoms. The number of pyridine rings is 1. The Bertz CT molecular complexity index is 716. The zero-order chi connectivity index (χ0) is 14.2. The molecular formula is C14H14N2O3S. The summed E-state index contributed by atoms with van der Waals surface area (Å²) in [4.78, 5) is 3.90. The highest BCUT2D eigenvalue weighted by Crippen LogP contribution is 2.32. The highest BCUT2D eigenvalue weighted by Gasteiger charge is 2.34. The third-order valence-electron chi connectivity index (χ3n) is 3.43. The molecule has 104 valence electrons. The van der Waals surface area contributed by atoms with Crippen LogP contribution in [0.4, 0.5) is 0 Å². The van der Waals surface area contributed by atoms with Crippen molar-refractivity contribution in [2.45, 2.75) is 23.5 Å². The molecule has 0 aliphatic heterocycles. The molecule has 2 atom stereocenters. The standard InChI is InChI=1S/C14H14N2O3S/c17-13-8-10-4-1-2-6-12(10)14(13)16-20(18,19)11-5-3-7-15-9-11/h1-7,9,13-14,16-17H,8H2/t13-,14+/m0/s1. The fraction of sp³-hybridized carbons (Fsp3) is 0.214. The zero-order valence-corrected chi connectivity index (χ0v) is 11.4. The molecule has 1 aliphatic carbocycles. The number of hydrogen-bond acceptors (Lipinski definition) is 4. The van der Waals surface area contributed by atoms with Crippen LogP contribution in [-0.4, -0.2) is 24.6 Å². The van der Waals surface area contributed by atoms with Gasteiger partial charge in [-0.1, -0.05) is 24.3 Å². The average Bonchev–Trinajstić information content (AvgIpc) is 2.76. The fourth-order valence-electron chi connectivity index (χ4n) is 2.46. The Balaban J connectivity index is 1.92. The lowest BCUT2D eigenvalue weighted by atomic mass is 10.1. The van der Waals surface area contributed by atoms with Gasteiger partial charge in [-0.05, 0) is 23.3 Å². The van der Waals surface area contributed by atoms with Crippen molar-refractivity contribution in [3.05, 3.63) is 59.9 Å². The van der Waals surface area contributed by atoms with Crippen molar-refractivity contribution in [1.82, 2.24) is 9.71 Å². The monoisotopic (exact) mass is 290 g/mol. The van der Waals surface area contributed by atoms with Crippen molar-refractivity contribution >= 4 is 10.0 Å². The highest BCUT2D eigenvalue weighted by atomic mass is 32.2. The van der Waals surface area contributed by atoms with E-state index >= 15 is 0 Å². The Labute approximate surface area is 117 Å². The molecule has 0 spiro atoms. The van der Waals surface area contributed by atoms with Crippen molar-refractivity contribution in [2.24, 2.45) is 0 Å². The van der Waals surface area contributed by atoms with Gasteiger partial charge in [0.05, 0.1) is 12.1 Å². The summed E-state index contributed by atoms with van der Waals surface area (Å²) in [6.07, 6.45) is 2.50. The fourth-order valence-corrected chi connectivity index (χ4v) is 3.67. The van der Waals surface area contributed by atoms with E-state index in [0.29, 0.717) is 6.42 Å². The second-order valence-corrected chi connectivity index (χ2v) is 6.47. The van der Waals surface area contributed by atoms with E-state index in [-0.39, 0.29) is 4.90 Å². The van der Waals surface area contributed by atoms with Crippen LogP contribution in [0.3, 0.4) is 0 Å². The first kappa shape index (κ1) is 13.2. The molecule has 0 radical (unpaired) electrons. The molecule has 0 fully saturated rings. The molecule has 1 aromatic heterocycles. The van der Waals surface area contributed by atoms with Crippen molar-refractivity contribution in [2.75, 3.05) is 0 Å². The van der Waals surface area contributed by atoms with Gasteiger partial charge in [0.25, 0.3) is 0 Å². The van der Waals surface area contributed by atoms with Crippen LogP contribution in [0.1, 0.15) is 17.2 Å². The van der Waals surface area contributed by atoms with E-state index in [2.05, 4.69) is 9.71 Å². The number of nitrogens with zero attached hydrogens (tertiary/aromatic N) is 1. The lowest BCUT2D eigenvalue weighted by Gasteiger charge is -2.17. The summed E-state index contributed by atoms with van der Waals surface area (Å²) in [5.74, 6) is 0. The molecule has 5 nitrogen and oxygen atoms in total. The van der Waals surface area contributed by atoms with Gasteiger partial charge in [-0.2, -0.15) is 0 Å². The molecule has 1 heterocycles. The molecule has 0 amide bonds. The van der Waals surface area contributed by atoms with E-state index in [4.69, 9.17) is 0 Å². The van der Waals surface area contributed by atoms with Gasteiger partial charge < -0.3 is 5.11 Å². The number of aliphatic hydroxyl groups excluding tert-OH is 1. The molecule has 1 aliphatic rings. The van der Waals surface area contributed by atoms with Crippen LogP contribution in [-0.2, 0) is 16.4 Å². The minimum Gasteiger partial charge on any atom is -0.391 e. The van der Waals surface area contributed by atoms with Crippen LogP contribution >= 0.6 is 0 Å². The van der Waals surface area contributed by atoms with E-state index in [9.17, 15) is 13.5 Å². The van der Waals surface area contributed by atoms with E-state index in [1.807, 2.05) is 24.3 Å². The van der Waals surface area contributed by atoms with Crippen LogP contribution in [0.25, 0.3) is 0 Å². The Hall–Kier alpha value is -1.76. The molecule has 2 aromatic rings. The topological polar surface area (TPSA) is 79.3 Å². The van der Waals surface area contributed by atoms with Crippen LogP contribution < -0.4 is 4.72 Å². The van der Waals surface area contributed by atoms with Crippen LogP contribution in [0.5, 0.6) is 0 Å². The predicted molar refractivity (Wildman–Crippen MR) is 73.5 cm³/mol. The van der Waals surface area contributed by atoms with E-state index in [1.165, 1.54) is 18.5 Å². The number of fused-ring (bicyclic) bond motifs is 1. The molecule has 0 saturated carbocycles. The smallest absolute Gasteiger partial charge is 0.242 e. The Kier molecular flexibility index (Phi) is 3.29. The number of aromatic nitrogens is 1. The third kappa shape index (κ3) is 2.33. The maximum absolute atomic E-state index is 12.3. The molecule has 0 unspecified atom stereocenters. The van der Waals surface area contributed by atoms with E-state index in [1.54, 1.807) is 6.07 Å². The van der Waals surface area contributed by atoms with E-state index < -0.39 is 22.2 Å². The SMILES string of the molecule is O=S(=O)(N[C@@H]1c2ccccc2C[C@@H]1O)c1cccnc1. The van der Waals surface area contributed by atoms with Gasteiger partial charge in [-0.15, -0.1) is 0 Å². The minimum atomic E-state index is -3.69. The Morgan fingerprint density at radius 1 is 1.20 bits per heavy atom. The summed E-state index contributed by atoms with van der Waals surface area (Å²) < 4.78 is 27.1. The van der Waals surface area contributed by atoms with Crippen molar-refractivity contribution < 1.29 is 13.5 Å². The normalized spacial score (nSPS) is 21.6. The van der Waals surface area contributed by atoms with Gasteiger partial charge in [0, 0.05) is 18.8 Å². The minimum absolute atomic E-state index is 0.0941. The molecule has 1 aromatic carbocycles. The number of rotatable bonds is 3. The first-order chi connectivity index (χ1) is 9.58. The summed E-state index contributed by atoms with van der Waals surface area (Å²) in [6.45, 7) is 0. The van der Waals surface area contributed by atoms with Gasteiger partial charge in [0.2, 0.25) is 10.0 Å². The number of hydrogen-bond donors (Lipinski definition) is 2.